The zero-order valence-electron chi connectivity index (χ0n) is 17.8. The van der Waals surface area contributed by atoms with E-state index < -0.39 is 17.5 Å². The number of carbonyl (C=O) groups is 1. The normalized spacial score (nSPS) is 28.6. The van der Waals surface area contributed by atoms with Crippen molar-refractivity contribution in [2.75, 3.05) is 39.3 Å². The fraction of sp³-hybridized carbons (Fsp3) is 0.682. The number of morpholine rings is 1. The summed E-state index contributed by atoms with van der Waals surface area (Å²) in [5, 5.41) is 2.57. The van der Waals surface area contributed by atoms with Crippen molar-refractivity contribution >= 4 is 5.91 Å². The van der Waals surface area contributed by atoms with E-state index in [2.05, 4.69) is 10.2 Å². The number of rotatable bonds is 7. The van der Waals surface area contributed by atoms with Crippen LogP contribution in [0.2, 0.25) is 0 Å². The number of hydrogen-bond donors (Lipinski definition) is 1. The Labute approximate surface area is 176 Å². The number of benzene rings is 1. The molecular formula is C22H32F3N3O2. The molecular weight excluding hydrogens is 395 g/mol. The smallest absolute Gasteiger partial charge is 0.373 e. The Morgan fingerprint density at radius 1 is 1.17 bits per heavy atom. The highest BCUT2D eigenvalue weighted by Crippen LogP contribution is 2.46. The molecule has 0 spiro atoms. The number of nitrogens with zero attached hydrogens (tertiary/aromatic N) is 2. The van der Waals surface area contributed by atoms with Crippen molar-refractivity contribution < 1.29 is 22.7 Å². The van der Waals surface area contributed by atoms with Gasteiger partial charge in [0, 0.05) is 39.3 Å². The van der Waals surface area contributed by atoms with E-state index in [-0.39, 0.29) is 38.3 Å². The van der Waals surface area contributed by atoms with E-state index in [0.29, 0.717) is 13.0 Å². The first-order valence-electron chi connectivity index (χ1n) is 10.7. The molecule has 2 heterocycles. The van der Waals surface area contributed by atoms with Crippen LogP contribution in [0.3, 0.4) is 0 Å². The second-order valence-corrected chi connectivity index (χ2v) is 8.65. The van der Waals surface area contributed by atoms with Gasteiger partial charge in [-0.3, -0.25) is 14.6 Å². The molecule has 1 aromatic rings. The summed E-state index contributed by atoms with van der Waals surface area (Å²) in [6.07, 6.45) is -3.87. The molecule has 3 unspecified atom stereocenters. The number of amides is 1. The van der Waals surface area contributed by atoms with Gasteiger partial charge in [0.2, 0.25) is 5.91 Å². The van der Waals surface area contributed by atoms with Crippen LogP contribution in [0.15, 0.2) is 30.3 Å². The van der Waals surface area contributed by atoms with E-state index >= 15 is 0 Å². The van der Waals surface area contributed by atoms with Gasteiger partial charge in [0.15, 0.2) is 5.41 Å². The Morgan fingerprint density at radius 3 is 2.47 bits per heavy atom. The molecule has 8 heteroatoms. The molecule has 0 aromatic heterocycles. The van der Waals surface area contributed by atoms with Gasteiger partial charge in [-0.1, -0.05) is 30.3 Å². The molecule has 0 aliphatic carbocycles. The van der Waals surface area contributed by atoms with Gasteiger partial charge in [0.25, 0.3) is 0 Å². The summed E-state index contributed by atoms with van der Waals surface area (Å²) in [6.45, 7) is 6.99. The molecule has 2 saturated heterocycles. The number of halogens is 3. The predicted octanol–water partition coefficient (Wildman–Crippen LogP) is 3.06. The monoisotopic (exact) mass is 427 g/mol. The lowest BCUT2D eigenvalue weighted by atomic mass is 9.85. The van der Waals surface area contributed by atoms with Crippen molar-refractivity contribution in [3.8, 4) is 0 Å². The lowest BCUT2D eigenvalue weighted by Gasteiger charge is -2.35. The van der Waals surface area contributed by atoms with Crippen LogP contribution in [0.1, 0.15) is 32.3 Å². The maximum absolute atomic E-state index is 14.0. The summed E-state index contributed by atoms with van der Waals surface area (Å²) in [7, 11) is 0. The number of alkyl halides is 3. The lowest BCUT2D eigenvalue weighted by Crippen LogP contribution is -2.53. The fourth-order valence-electron chi connectivity index (χ4n) is 4.55. The van der Waals surface area contributed by atoms with Crippen LogP contribution in [0.5, 0.6) is 0 Å². The van der Waals surface area contributed by atoms with E-state index in [0.717, 1.165) is 25.2 Å². The first-order chi connectivity index (χ1) is 14.2. The topological polar surface area (TPSA) is 44.8 Å². The molecule has 2 aliphatic rings. The van der Waals surface area contributed by atoms with Gasteiger partial charge < -0.3 is 10.1 Å². The van der Waals surface area contributed by atoms with Gasteiger partial charge in [-0.25, -0.2) is 0 Å². The Balaban J connectivity index is 1.52. The number of hydrogen-bond acceptors (Lipinski definition) is 4. The standard InChI is InChI=1S/C22H32F3N3O2/c1-17-13-27(14-18(2)30-17)11-6-10-26-20(29)21(22(23,24)25)9-12-28(16-21)15-19-7-4-3-5-8-19/h3-5,7-8,17-18H,6,9-16H2,1-2H3,(H,26,29). The van der Waals surface area contributed by atoms with Crippen molar-refractivity contribution in [1.29, 1.82) is 0 Å². The summed E-state index contributed by atoms with van der Waals surface area (Å²) >= 11 is 0. The minimum atomic E-state index is -4.57. The lowest BCUT2D eigenvalue weighted by molar-refractivity contribution is -0.218. The van der Waals surface area contributed by atoms with Crippen LogP contribution in [0, 0.1) is 5.41 Å². The van der Waals surface area contributed by atoms with Crippen LogP contribution in [0.4, 0.5) is 13.2 Å². The summed E-state index contributed by atoms with van der Waals surface area (Å²) in [5.41, 5.74) is -1.38. The Kier molecular flexibility index (Phi) is 7.42. The molecule has 0 radical (unpaired) electrons. The van der Waals surface area contributed by atoms with Crippen molar-refractivity contribution in [2.24, 2.45) is 5.41 Å². The Hall–Kier alpha value is -1.64. The highest BCUT2D eigenvalue weighted by Gasteiger charge is 2.62. The summed E-state index contributed by atoms with van der Waals surface area (Å²) < 4.78 is 47.6. The van der Waals surface area contributed by atoms with E-state index in [9.17, 15) is 18.0 Å². The van der Waals surface area contributed by atoms with E-state index in [4.69, 9.17) is 4.74 Å². The third-order valence-electron chi connectivity index (χ3n) is 6.01. The molecule has 1 aromatic carbocycles. The average molecular weight is 428 g/mol. The SMILES string of the molecule is CC1CN(CCCNC(=O)C2(C(F)(F)F)CCN(Cc3ccccc3)C2)CC(C)O1. The zero-order valence-corrected chi connectivity index (χ0v) is 17.8. The first-order valence-corrected chi connectivity index (χ1v) is 10.7. The van der Waals surface area contributed by atoms with Gasteiger partial charge in [-0.2, -0.15) is 13.2 Å². The van der Waals surface area contributed by atoms with Crippen LogP contribution >= 0.6 is 0 Å². The maximum Gasteiger partial charge on any atom is 0.404 e. The summed E-state index contributed by atoms with van der Waals surface area (Å²) in [6, 6.07) is 9.39. The van der Waals surface area contributed by atoms with Crippen molar-refractivity contribution in [3.63, 3.8) is 0 Å². The van der Waals surface area contributed by atoms with Crippen LogP contribution in [0.25, 0.3) is 0 Å². The highest BCUT2D eigenvalue weighted by atomic mass is 19.4. The van der Waals surface area contributed by atoms with Crippen molar-refractivity contribution in [3.05, 3.63) is 35.9 Å². The number of ether oxygens (including phenoxy) is 1. The molecule has 3 atom stereocenters. The fourth-order valence-corrected chi connectivity index (χ4v) is 4.55. The van der Waals surface area contributed by atoms with Crippen LogP contribution < -0.4 is 5.32 Å². The van der Waals surface area contributed by atoms with E-state index in [1.807, 2.05) is 44.2 Å². The molecule has 2 aliphatic heterocycles. The third kappa shape index (κ3) is 5.53. The molecule has 168 valence electrons. The van der Waals surface area contributed by atoms with Gasteiger partial charge in [-0.15, -0.1) is 0 Å². The molecule has 5 nitrogen and oxygen atoms in total. The van der Waals surface area contributed by atoms with Crippen LogP contribution in [-0.4, -0.2) is 73.4 Å². The highest BCUT2D eigenvalue weighted by molar-refractivity contribution is 5.84. The first kappa shape index (κ1) is 23.0. The Morgan fingerprint density at radius 2 is 1.83 bits per heavy atom. The molecule has 0 bridgehead atoms. The predicted molar refractivity (Wildman–Crippen MR) is 109 cm³/mol. The average Bonchev–Trinajstić information content (AvgIpc) is 3.10. The minimum Gasteiger partial charge on any atom is -0.373 e. The summed E-state index contributed by atoms with van der Waals surface area (Å²) in [4.78, 5) is 16.6. The quantitative estimate of drug-likeness (QED) is 0.680. The van der Waals surface area contributed by atoms with Crippen LogP contribution in [-0.2, 0) is 16.1 Å². The minimum absolute atomic E-state index is 0.144. The number of nitrogens with one attached hydrogen (secondary N) is 1. The Bertz CT molecular complexity index is 691. The van der Waals surface area contributed by atoms with Gasteiger partial charge in [0.1, 0.15) is 0 Å². The van der Waals surface area contributed by atoms with Crippen molar-refractivity contribution in [1.82, 2.24) is 15.1 Å². The molecule has 30 heavy (non-hydrogen) atoms. The molecule has 1 amide bonds. The zero-order chi connectivity index (χ0) is 21.8. The van der Waals surface area contributed by atoms with E-state index in [1.165, 1.54) is 0 Å². The van der Waals surface area contributed by atoms with Crippen molar-refractivity contribution in [2.45, 2.75) is 51.6 Å². The largest absolute Gasteiger partial charge is 0.404 e. The van der Waals surface area contributed by atoms with E-state index in [1.54, 1.807) is 4.90 Å². The van der Waals surface area contributed by atoms with Gasteiger partial charge in [0.05, 0.1) is 12.2 Å². The maximum atomic E-state index is 14.0. The third-order valence-corrected chi connectivity index (χ3v) is 6.01. The molecule has 2 fully saturated rings. The van der Waals surface area contributed by atoms with Gasteiger partial charge in [-0.05, 0) is 38.8 Å². The second-order valence-electron chi connectivity index (χ2n) is 8.65. The summed E-state index contributed by atoms with van der Waals surface area (Å²) in [5.74, 6) is -0.894. The van der Waals surface area contributed by atoms with Gasteiger partial charge >= 0.3 is 6.18 Å². The molecule has 1 N–H and O–H groups in total. The second kappa shape index (κ2) is 9.66. The number of carbonyl (C=O) groups excluding carboxylic acids is 1. The number of likely N-dealkylation sites (tertiary alicyclic amines) is 1. The molecule has 3 rings (SSSR count). The molecule has 0 saturated carbocycles.